The van der Waals surface area contributed by atoms with E-state index in [-0.39, 0.29) is 29.8 Å². The number of aliphatic imine (C=N–C) groups is 1. The molecule has 1 aromatic carbocycles. The number of rotatable bonds is 9. The fourth-order valence-electron chi connectivity index (χ4n) is 4.15. The second kappa shape index (κ2) is 11.4. The molecule has 0 bridgehead atoms. The average molecular weight is 510 g/mol. The summed E-state index contributed by atoms with van der Waals surface area (Å²) in [6, 6.07) is 4.90. The van der Waals surface area contributed by atoms with Crippen LogP contribution in [0.3, 0.4) is 0 Å². The molecule has 1 aromatic heterocycles. The van der Waals surface area contributed by atoms with E-state index in [9.17, 15) is 14.4 Å². The average Bonchev–Trinajstić information content (AvgIpc) is 3.36. The zero-order valence-corrected chi connectivity index (χ0v) is 22.3. The van der Waals surface area contributed by atoms with E-state index in [4.69, 9.17) is 15.2 Å². The fourth-order valence-corrected chi connectivity index (χ4v) is 4.15. The number of amidine groups is 1. The van der Waals surface area contributed by atoms with E-state index in [0.717, 1.165) is 11.3 Å². The van der Waals surface area contributed by atoms with Crippen LogP contribution in [0, 0.1) is 6.92 Å². The minimum absolute atomic E-state index is 0.262. The van der Waals surface area contributed by atoms with Crippen molar-refractivity contribution in [2.45, 2.75) is 71.9 Å². The highest BCUT2D eigenvalue weighted by molar-refractivity contribution is 6.11. The number of hydrogen-bond acceptors (Lipinski definition) is 7. The summed E-state index contributed by atoms with van der Waals surface area (Å²) in [4.78, 5) is 41.6. The number of ether oxygens (including phenoxy) is 2. The van der Waals surface area contributed by atoms with Crippen molar-refractivity contribution in [1.82, 2.24) is 15.1 Å². The van der Waals surface area contributed by atoms with Crippen LogP contribution in [0.15, 0.2) is 35.3 Å². The van der Waals surface area contributed by atoms with Crippen LogP contribution in [0.5, 0.6) is 5.75 Å². The number of benzene rings is 1. The highest BCUT2D eigenvalue weighted by atomic mass is 16.6. The van der Waals surface area contributed by atoms with Crippen LogP contribution in [-0.2, 0) is 16.1 Å². The van der Waals surface area contributed by atoms with Crippen molar-refractivity contribution in [2.75, 3.05) is 7.11 Å². The van der Waals surface area contributed by atoms with Crippen molar-refractivity contribution >= 4 is 29.3 Å². The van der Waals surface area contributed by atoms with Gasteiger partial charge in [0.15, 0.2) is 0 Å². The lowest BCUT2D eigenvalue weighted by Gasteiger charge is -2.19. The largest absolute Gasteiger partial charge is 0.496 e. The molecule has 0 spiro atoms. The number of methoxy groups -OCH3 is 1. The molecule has 3 N–H and O–H groups in total. The Morgan fingerprint density at radius 3 is 2.54 bits per heavy atom. The number of nitrogens with one attached hydrogen (secondary N) is 1. The number of nitrogens with two attached hydrogens (primary N) is 1. The molecule has 1 aliphatic heterocycles. The summed E-state index contributed by atoms with van der Waals surface area (Å²) in [5.41, 5.74) is 7.66. The van der Waals surface area contributed by atoms with Gasteiger partial charge in [-0.25, -0.2) is 4.99 Å². The van der Waals surface area contributed by atoms with Crippen molar-refractivity contribution in [3.05, 3.63) is 52.9 Å². The van der Waals surface area contributed by atoms with Crippen LogP contribution in [0.25, 0.3) is 0 Å². The van der Waals surface area contributed by atoms with Gasteiger partial charge in [-0.15, -0.1) is 0 Å². The van der Waals surface area contributed by atoms with Crippen molar-refractivity contribution in [3.63, 3.8) is 0 Å². The summed E-state index contributed by atoms with van der Waals surface area (Å²) in [6.07, 6.45) is 5.10. The smallest absolute Gasteiger partial charge is 0.306 e. The molecule has 10 heteroatoms. The van der Waals surface area contributed by atoms with Crippen LogP contribution in [0.4, 0.5) is 5.69 Å². The quantitative estimate of drug-likeness (QED) is 0.388. The van der Waals surface area contributed by atoms with E-state index >= 15 is 0 Å². The van der Waals surface area contributed by atoms with Gasteiger partial charge in [0.25, 0.3) is 5.91 Å². The zero-order chi connectivity index (χ0) is 27.3. The lowest BCUT2D eigenvalue weighted by Crippen LogP contribution is -2.34. The van der Waals surface area contributed by atoms with E-state index in [1.807, 2.05) is 46.8 Å². The molecule has 37 heavy (non-hydrogen) atoms. The molecule has 1 aliphatic rings. The molecule has 0 saturated carbocycles. The number of amides is 2. The Morgan fingerprint density at radius 2 is 1.92 bits per heavy atom. The van der Waals surface area contributed by atoms with Crippen LogP contribution in [-0.4, -0.2) is 46.1 Å². The van der Waals surface area contributed by atoms with Gasteiger partial charge >= 0.3 is 5.97 Å². The summed E-state index contributed by atoms with van der Waals surface area (Å²) < 4.78 is 12.5. The van der Waals surface area contributed by atoms with Crippen LogP contribution < -0.4 is 15.8 Å². The normalized spacial score (nSPS) is 14.9. The topological polar surface area (TPSA) is 138 Å². The van der Waals surface area contributed by atoms with Gasteiger partial charge in [0.1, 0.15) is 22.9 Å². The third-order valence-electron chi connectivity index (χ3n) is 5.69. The lowest BCUT2D eigenvalue weighted by atomic mass is 9.93. The minimum atomic E-state index is -0.602. The maximum absolute atomic E-state index is 13.2. The number of hydrogen-bond donors (Lipinski definition) is 2. The molecule has 0 saturated heterocycles. The Labute approximate surface area is 216 Å². The predicted octanol–water partition coefficient (Wildman–Crippen LogP) is 3.94. The molecule has 198 valence electrons. The molecule has 1 unspecified atom stereocenters. The Hall–Kier alpha value is -3.95. The molecule has 2 amide bonds. The first-order valence-corrected chi connectivity index (χ1v) is 12.3. The first-order valence-electron chi connectivity index (χ1n) is 12.3. The molecule has 1 atom stereocenters. The zero-order valence-electron chi connectivity index (χ0n) is 22.3. The number of nitrogens with zero attached hydrogens (tertiary/aromatic N) is 3. The van der Waals surface area contributed by atoms with Gasteiger partial charge < -0.3 is 20.5 Å². The Balaban J connectivity index is 1.84. The van der Waals surface area contributed by atoms with E-state index < -0.39 is 11.5 Å². The second-order valence-corrected chi connectivity index (χ2v) is 9.80. The molecule has 3 rings (SSSR count). The van der Waals surface area contributed by atoms with E-state index in [0.29, 0.717) is 42.4 Å². The fraction of sp³-hybridized carbons (Fsp3) is 0.444. The molecule has 0 radical (unpaired) electrons. The summed E-state index contributed by atoms with van der Waals surface area (Å²) in [5, 5.41) is 7.28. The Bertz CT molecular complexity index is 1250. The standard InChI is InChI=1S/C27H35N5O5/c1-7-32-20(13-16(2)31-32)26(35)30-25-18(11-9-8-10-12-22(33)37-27(3,4)5)23-19(29-25)14-17(24(28)34)15-21(23)36-6/h8-9,13-15,18H,7,10-12H2,1-6H3,(H2,28,34)(H,29,30,35)/b9-8+. The maximum atomic E-state index is 13.2. The number of fused-ring (bicyclic) bond motifs is 1. The van der Waals surface area contributed by atoms with Gasteiger partial charge in [-0.3, -0.25) is 19.1 Å². The van der Waals surface area contributed by atoms with Crippen LogP contribution in [0.2, 0.25) is 0 Å². The number of carbonyl (C=O) groups excluding carboxylic acids is 3. The first kappa shape index (κ1) is 27.6. The second-order valence-electron chi connectivity index (χ2n) is 9.80. The molecule has 2 heterocycles. The number of aryl methyl sites for hydroxylation is 2. The van der Waals surface area contributed by atoms with Crippen molar-refractivity contribution in [2.24, 2.45) is 10.7 Å². The van der Waals surface area contributed by atoms with E-state index in [1.165, 1.54) is 7.11 Å². The maximum Gasteiger partial charge on any atom is 0.306 e. The number of esters is 1. The number of carbonyl (C=O) groups is 3. The monoisotopic (exact) mass is 509 g/mol. The molecular formula is C27H35N5O5. The SMILES string of the molecule is CCn1nc(C)cc1C(=O)NC1=Nc2cc(C(N)=O)cc(OC)c2C1C/C=C/CCC(=O)OC(C)(C)C. The van der Waals surface area contributed by atoms with Gasteiger partial charge in [0, 0.05) is 24.1 Å². The van der Waals surface area contributed by atoms with Crippen LogP contribution >= 0.6 is 0 Å². The van der Waals surface area contributed by atoms with Gasteiger partial charge in [0.2, 0.25) is 5.91 Å². The third-order valence-corrected chi connectivity index (χ3v) is 5.69. The highest BCUT2D eigenvalue weighted by Gasteiger charge is 2.32. The third kappa shape index (κ3) is 6.84. The minimum Gasteiger partial charge on any atom is -0.496 e. The van der Waals surface area contributed by atoms with Gasteiger partial charge in [-0.05, 0) is 65.7 Å². The van der Waals surface area contributed by atoms with Gasteiger partial charge in [-0.1, -0.05) is 12.2 Å². The number of allylic oxidation sites excluding steroid dienone is 2. The summed E-state index contributed by atoms with van der Waals surface area (Å²) in [5.74, 6) is -0.648. The molecule has 10 nitrogen and oxygen atoms in total. The molecule has 2 aromatic rings. The Morgan fingerprint density at radius 1 is 1.19 bits per heavy atom. The molecule has 0 fully saturated rings. The number of aromatic nitrogens is 2. The van der Waals surface area contributed by atoms with E-state index in [2.05, 4.69) is 15.4 Å². The van der Waals surface area contributed by atoms with Crippen molar-refractivity contribution in [3.8, 4) is 5.75 Å². The van der Waals surface area contributed by atoms with Crippen LogP contribution in [0.1, 0.15) is 85.0 Å². The highest BCUT2D eigenvalue weighted by Crippen LogP contribution is 2.44. The molecule has 0 aliphatic carbocycles. The lowest BCUT2D eigenvalue weighted by molar-refractivity contribution is -0.154. The number of primary amides is 1. The summed E-state index contributed by atoms with van der Waals surface area (Å²) in [6.45, 7) is 9.78. The van der Waals surface area contributed by atoms with E-state index in [1.54, 1.807) is 22.9 Å². The summed E-state index contributed by atoms with van der Waals surface area (Å²) >= 11 is 0. The molecular weight excluding hydrogens is 474 g/mol. The van der Waals surface area contributed by atoms with Gasteiger partial charge in [-0.2, -0.15) is 5.10 Å². The Kier molecular flexibility index (Phi) is 8.52. The van der Waals surface area contributed by atoms with Gasteiger partial charge in [0.05, 0.1) is 24.4 Å². The van der Waals surface area contributed by atoms with Crippen molar-refractivity contribution in [1.29, 1.82) is 0 Å². The predicted molar refractivity (Wildman–Crippen MR) is 140 cm³/mol. The van der Waals surface area contributed by atoms with Crippen molar-refractivity contribution < 1.29 is 23.9 Å². The first-order chi connectivity index (χ1) is 17.4. The summed E-state index contributed by atoms with van der Waals surface area (Å²) in [7, 11) is 1.51.